The summed E-state index contributed by atoms with van der Waals surface area (Å²) in [6, 6.07) is 6.56. The second-order valence-corrected chi connectivity index (χ2v) is 5.71. The predicted octanol–water partition coefficient (Wildman–Crippen LogP) is 2.20. The summed E-state index contributed by atoms with van der Waals surface area (Å²) in [6.45, 7) is 5.18. The molecular weight excluding hydrogens is 243 g/mol. The molecule has 1 amide bonds. The molecule has 19 heavy (non-hydrogen) atoms. The Kier molecular flexibility index (Phi) is 5.48. The van der Waals surface area contributed by atoms with E-state index in [0.29, 0.717) is 31.5 Å². The maximum absolute atomic E-state index is 13.4. The molecule has 0 aromatic heterocycles. The van der Waals surface area contributed by atoms with E-state index in [4.69, 9.17) is 5.73 Å². The van der Waals surface area contributed by atoms with Crippen LogP contribution in [0.1, 0.15) is 25.8 Å². The quantitative estimate of drug-likeness (QED) is 0.858. The van der Waals surface area contributed by atoms with E-state index in [1.165, 1.54) is 6.07 Å². The Balaban J connectivity index is 2.50. The van der Waals surface area contributed by atoms with Gasteiger partial charge in [0.25, 0.3) is 0 Å². The molecule has 0 saturated heterocycles. The fourth-order valence-electron chi connectivity index (χ4n) is 1.93. The van der Waals surface area contributed by atoms with E-state index in [2.05, 4.69) is 0 Å². The number of benzene rings is 1. The number of hydrogen-bond acceptors (Lipinski definition) is 2. The van der Waals surface area contributed by atoms with Gasteiger partial charge in [0.15, 0.2) is 0 Å². The van der Waals surface area contributed by atoms with Crippen molar-refractivity contribution in [3.05, 3.63) is 35.6 Å². The summed E-state index contributed by atoms with van der Waals surface area (Å²) in [6.07, 6.45) is 0.747. The molecule has 0 fully saturated rings. The van der Waals surface area contributed by atoms with Crippen LogP contribution in [-0.4, -0.2) is 30.9 Å². The van der Waals surface area contributed by atoms with Crippen molar-refractivity contribution in [1.29, 1.82) is 0 Å². The van der Waals surface area contributed by atoms with Crippen LogP contribution in [0.15, 0.2) is 24.3 Å². The van der Waals surface area contributed by atoms with Gasteiger partial charge >= 0.3 is 0 Å². The van der Waals surface area contributed by atoms with Gasteiger partial charge in [-0.15, -0.1) is 0 Å². The fraction of sp³-hybridized carbons (Fsp3) is 0.533. The second-order valence-electron chi connectivity index (χ2n) is 5.71. The van der Waals surface area contributed by atoms with Gasteiger partial charge < -0.3 is 10.6 Å². The van der Waals surface area contributed by atoms with Crippen LogP contribution in [0.5, 0.6) is 0 Å². The summed E-state index contributed by atoms with van der Waals surface area (Å²) in [5, 5.41) is 0. The third-order valence-electron chi connectivity index (χ3n) is 3.21. The zero-order valence-electron chi connectivity index (χ0n) is 11.9. The van der Waals surface area contributed by atoms with Crippen molar-refractivity contribution in [3.63, 3.8) is 0 Å². The smallest absolute Gasteiger partial charge is 0.222 e. The average Bonchev–Trinajstić information content (AvgIpc) is 2.37. The number of halogens is 1. The van der Waals surface area contributed by atoms with Crippen molar-refractivity contribution >= 4 is 5.91 Å². The van der Waals surface area contributed by atoms with E-state index >= 15 is 0 Å². The van der Waals surface area contributed by atoms with E-state index in [1.54, 1.807) is 30.1 Å². The molecule has 0 aliphatic carbocycles. The zero-order valence-corrected chi connectivity index (χ0v) is 11.9. The fourth-order valence-corrected chi connectivity index (χ4v) is 1.93. The Labute approximate surface area is 114 Å². The molecule has 1 rings (SSSR count). The highest BCUT2D eigenvalue weighted by Gasteiger charge is 2.21. The molecular formula is C15H23FN2O. The zero-order chi connectivity index (χ0) is 14.5. The average molecular weight is 266 g/mol. The molecule has 4 heteroatoms. The van der Waals surface area contributed by atoms with E-state index in [9.17, 15) is 9.18 Å². The minimum Gasteiger partial charge on any atom is -0.345 e. The van der Waals surface area contributed by atoms with Crippen LogP contribution < -0.4 is 5.73 Å². The van der Waals surface area contributed by atoms with Crippen LogP contribution in [0, 0.1) is 11.2 Å². The van der Waals surface area contributed by atoms with Gasteiger partial charge in [-0.3, -0.25) is 4.79 Å². The molecule has 2 N–H and O–H groups in total. The molecule has 1 aromatic rings. The monoisotopic (exact) mass is 266 g/mol. The first-order valence-electron chi connectivity index (χ1n) is 6.53. The first-order valence-corrected chi connectivity index (χ1v) is 6.53. The topological polar surface area (TPSA) is 46.3 Å². The maximum atomic E-state index is 13.4. The van der Waals surface area contributed by atoms with Crippen LogP contribution in [0.25, 0.3) is 0 Å². The van der Waals surface area contributed by atoms with Gasteiger partial charge in [-0.05, 0) is 30.0 Å². The van der Waals surface area contributed by atoms with Crippen LogP contribution in [0.2, 0.25) is 0 Å². The summed E-state index contributed by atoms with van der Waals surface area (Å²) in [7, 11) is 1.76. The molecule has 0 saturated carbocycles. The van der Waals surface area contributed by atoms with Crippen LogP contribution in [-0.2, 0) is 11.2 Å². The van der Waals surface area contributed by atoms with Gasteiger partial charge in [0.1, 0.15) is 5.82 Å². The van der Waals surface area contributed by atoms with Crippen molar-refractivity contribution in [1.82, 2.24) is 4.90 Å². The number of aryl methyl sites for hydroxylation is 1. The third-order valence-corrected chi connectivity index (χ3v) is 3.21. The van der Waals surface area contributed by atoms with Gasteiger partial charge in [-0.1, -0.05) is 32.0 Å². The molecule has 0 bridgehead atoms. The van der Waals surface area contributed by atoms with Crippen molar-refractivity contribution in [2.75, 3.05) is 20.1 Å². The van der Waals surface area contributed by atoms with Gasteiger partial charge in [-0.2, -0.15) is 0 Å². The number of carbonyl (C=O) groups is 1. The molecule has 0 unspecified atom stereocenters. The lowest BCUT2D eigenvalue weighted by molar-refractivity contribution is -0.131. The molecule has 0 radical (unpaired) electrons. The van der Waals surface area contributed by atoms with Crippen molar-refractivity contribution < 1.29 is 9.18 Å². The Morgan fingerprint density at radius 3 is 2.58 bits per heavy atom. The lowest BCUT2D eigenvalue weighted by Gasteiger charge is -2.29. The highest BCUT2D eigenvalue weighted by atomic mass is 19.1. The number of carbonyl (C=O) groups excluding carboxylic acids is 1. The molecule has 0 spiro atoms. The summed E-state index contributed by atoms with van der Waals surface area (Å²) >= 11 is 0. The molecule has 0 heterocycles. The van der Waals surface area contributed by atoms with Crippen molar-refractivity contribution in [2.24, 2.45) is 11.1 Å². The number of rotatable bonds is 6. The Morgan fingerprint density at radius 1 is 1.37 bits per heavy atom. The summed E-state index contributed by atoms with van der Waals surface area (Å²) in [5.41, 5.74) is 6.14. The SMILES string of the molecule is CN(CC(C)(C)CN)C(=O)CCc1ccccc1F. The van der Waals surface area contributed by atoms with Gasteiger partial charge in [0.05, 0.1) is 0 Å². The summed E-state index contributed by atoms with van der Waals surface area (Å²) in [5.74, 6) is -0.231. The third kappa shape index (κ3) is 4.99. The Bertz CT molecular complexity index is 432. The number of amides is 1. The predicted molar refractivity (Wildman–Crippen MR) is 75.2 cm³/mol. The van der Waals surface area contributed by atoms with E-state index in [0.717, 1.165) is 0 Å². The minimum atomic E-state index is -0.250. The second kappa shape index (κ2) is 6.66. The summed E-state index contributed by atoms with van der Waals surface area (Å²) in [4.78, 5) is 13.7. The van der Waals surface area contributed by atoms with Crippen molar-refractivity contribution in [3.8, 4) is 0 Å². The van der Waals surface area contributed by atoms with E-state index in [1.807, 2.05) is 13.8 Å². The lowest BCUT2D eigenvalue weighted by atomic mass is 9.93. The Morgan fingerprint density at radius 2 is 2.00 bits per heavy atom. The number of hydrogen-bond donors (Lipinski definition) is 1. The number of nitrogens with zero attached hydrogens (tertiary/aromatic N) is 1. The molecule has 0 aliphatic heterocycles. The van der Waals surface area contributed by atoms with Gasteiger partial charge in [-0.25, -0.2) is 4.39 Å². The molecule has 1 aromatic carbocycles. The first-order chi connectivity index (χ1) is 8.85. The minimum absolute atomic E-state index is 0.0183. The van der Waals surface area contributed by atoms with Crippen LogP contribution in [0.3, 0.4) is 0 Å². The van der Waals surface area contributed by atoms with Gasteiger partial charge in [0, 0.05) is 20.0 Å². The standard InChI is InChI=1S/C15H23FN2O/c1-15(2,10-17)11-18(3)14(19)9-8-12-6-4-5-7-13(12)16/h4-7H,8-11,17H2,1-3H3. The highest BCUT2D eigenvalue weighted by Crippen LogP contribution is 2.15. The first kappa shape index (κ1) is 15.6. The van der Waals surface area contributed by atoms with Crippen molar-refractivity contribution in [2.45, 2.75) is 26.7 Å². The van der Waals surface area contributed by atoms with Gasteiger partial charge in [0.2, 0.25) is 5.91 Å². The normalized spacial score (nSPS) is 11.4. The highest BCUT2D eigenvalue weighted by molar-refractivity contribution is 5.76. The molecule has 0 atom stereocenters. The van der Waals surface area contributed by atoms with Crippen LogP contribution >= 0.6 is 0 Å². The number of nitrogens with two attached hydrogens (primary N) is 1. The Hall–Kier alpha value is -1.42. The molecule has 106 valence electrons. The van der Waals surface area contributed by atoms with Crippen LogP contribution in [0.4, 0.5) is 4.39 Å². The molecule has 3 nitrogen and oxygen atoms in total. The van der Waals surface area contributed by atoms with E-state index in [-0.39, 0.29) is 17.1 Å². The lowest BCUT2D eigenvalue weighted by Crippen LogP contribution is -2.39. The summed E-state index contributed by atoms with van der Waals surface area (Å²) < 4.78 is 13.4. The molecule has 0 aliphatic rings. The maximum Gasteiger partial charge on any atom is 0.222 e. The van der Waals surface area contributed by atoms with E-state index < -0.39 is 0 Å². The largest absolute Gasteiger partial charge is 0.345 e.